The van der Waals surface area contributed by atoms with Gasteiger partial charge in [0.15, 0.2) is 11.8 Å². The van der Waals surface area contributed by atoms with Crippen LogP contribution in [0, 0.1) is 11.7 Å². The fraction of sp³-hybridized carbons (Fsp3) is 0.471. The summed E-state index contributed by atoms with van der Waals surface area (Å²) in [5.74, 6) is 1.57. The number of aliphatic imine (C=N–C) groups is 1. The maximum atomic E-state index is 13.2. The van der Waals surface area contributed by atoms with Crippen LogP contribution in [0.2, 0.25) is 0 Å². The molecule has 1 aromatic carbocycles. The van der Waals surface area contributed by atoms with Gasteiger partial charge in [0.1, 0.15) is 18.7 Å². The lowest BCUT2D eigenvalue weighted by atomic mass is 10.0. The summed E-state index contributed by atoms with van der Waals surface area (Å²) in [6, 6.07) is 6.47. The highest BCUT2D eigenvalue weighted by Gasteiger charge is 2.17. The molecule has 7 heteroatoms. The lowest BCUT2D eigenvalue weighted by Gasteiger charge is -2.31. The van der Waals surface area contributed by atoms with E-state index in [4.69, 9.17) is 5.73 Å². The van der Waals surface area contributed by atoms with Crippen molar-refractivity contribution < 1.29 is 4.39 Å². The molecule has 0 aliphatic carbocycles. The molecule has 0 saturated carbocycles. The first-order chi connectivity index (χ1) is 11.6. The van der Waals surface area contributed by atoms with Crippen LogP contribution in [0.15, 0.2) is 35.6 Å². The number of hydrogen-bond acceptors (Lipinski definition) is 3. The number of halogens is 1. The number of rotatable bonds is 4. The van der Waals surface area contributed by atoms with Crippen LogP contribution in [0.3, 0.4) is 0 Å². The van der Waals surface area contributed by atoms with Gasteiger partial charge in [0.2, 0.25) is 0 Å². The minimum atomic E-state index is -0.249. The van der Waals surface area contributed by atoms with Gasteiger partial charge in [-0.05, 0) is 36.5 Å². The number of nitrogens with two attached hydrogens (primary N) is 1. The maximum Gasteiger partial charge on any atom is 0.191 e. The van der Waals surface area contributed by atoms with Crippen molar-refractivity contribution in [2.24, 2.45) is 16.6 Å². The molecule has 6 nitrogen and oxygen atoms in total. The number of hydrogen-bond donors (Lipinski definition) is 1. The number of aromatic nitrogens is 3. The molecule has 0 amide bonds. The molecular weight excluding hydrogens is 307 g/mol. The molecule has 128 valence electrons. The summed E-state index contributed by atoms with van der Waals surface area (Å²) in [6.45, 7) is 4.98. The Morgan fingerprint density at radius 1 is 1.46 bits per heavy atom. The van der Waals surface area contributed by atoms with Crippen LogP contribution in [-0.4, -0.2) is 38.7 Å². The van der Waals surface area contributed by atoms with E-state index in [-0.39, 0.29) is 5.82 Å². The van der Waals surface area contributed by atoms with Gasteiger partial charge in [-0.1, -0.05) is 19.1 Å². The monoisotopic (exact) mass is 330 g/mol. The first kappa shape index (κ1) is 16.4. The Morgan fingerprint density at radius 2 is 2.33 bits per heavy atom. The highest BCUT2D eigenvalue weighted by molar-refractivity contribution is 5.78. The summed E-state index contributed by atoms with van der Waals surface area (Å²) in [5, 5.41) is 4.37. The number of nitrogens with zero attached hydrogens (tertiary/aromatic N) is 5. The fourth-order valence-electron chi connectivity index (χ4n) is 2.95. The Hall–Kier alpha value is -2.44. The van der Waals surface area contributed by atoms with Gasteiger partial charge in [0.05, 0.1) is 6.54 Å². The summed E-state index contributed by atoms with van der Waals surface area (Å²) < 4.78 is 14.9. The van der Waals surface area contributed by atoms with Crippen molar-refractivity contribution in [1.29, 1.82) is 0 Å². The number of likely N-dealkylation sites (tertiary alicyclic amines) is 1. The zero-order valence-corrected chi connectivity index (χ0v) is 13.9. The van der Waals surface area contributed by atoms with Crippen molar-refractivity contribution in [2.45, 2.75) is 32.9 Å². The minimum absolute atomic E-state index is 0.249. The van der Waals surface area contributed by atoms with E-state index in [2.05, 4.69) is 26.9 Å². The van der Waals surface area contributed by atoms with Gasteiger partial charge in [0, 0.05) is 13.1 Å². The molecule has 0 spiro atoms. The second kappa shape index (κ2) is 7.42. The predicted octanol–water partition coefficient (Wildman–Crippen LogP) is 2.01. The van der Waals surface area contributed by atoms with Crippen molar-refractivity contribution in [2.75, 3.05) is 13.1 Å². The smallest absolute Gasteiger partial charge is 0.191 e. The van der Waals surface area contributed by atoms with E-state index >= 15 is 0 Å². The molecule has 1 saturated heterocycles. The molecule has 2 N–H and O–H groups in total. The zero-order chi connectivity index (χ0) is 16.9. The van der Waals surface area contributed by atoms with Crippen LogP contribution in [-0.2, 0) is 13.1 Å². The van der Waals surface area contributed by atoms with E-state index in [0.717, 1.165) is 25.1 Å². The van der Waals surface area contributed by atoms with Gasteiger partial charge in [-0.2, -0.15) is 5.10 Å². The summed E-state index contributed by atoms with van der Waals surface area (Å²) >= 11 is 0. The van der Waals surface area contributed by atoms with Crippen molar-refractivity contribution in [1.82, 2.24) is 19.7 Å². The van der Waals surface area contributed by atoms with Crippen molar-refractivity contribution in [3.63, 3.8) is 0 Å². The SMILES string of the molecule is CC1CCCN(C(N)=NCc2ncn(Cc3cccc(F)c3)n2)C1. The van der Waals surface area contributed by atoms with E-state index < -0.39 is 0 Å². The molecule has 0 radical (unpaired) electrons. The molecule has 1 aromatic heterocycles. The molecule has 1 unspecified atom stereocenters. The molecule has 3 rings (SSSR count). The van der Waals surface area contributed by atoms with Crippen molar-refractivity contribution in [3.8, 4) is 0 Å². The summed E-state index contributed by atoms with van der Waals surface area (Å²) in [7, 11) is 0. The molecule has 0 bridgehead atoms. The van der Waals surface area contributed by atoms with Crippen molar-refractivity contribution >= 4 is 5.96 Å². The van der Waals surface area contributed by atoms with Gasteiger partial charge in [-0.3, -0.25) is 0 Å². The van der Waals surface area contributed by atoms with E-state index in [0.29, 0.717) is 30.8 Å². The number of guanidine groups is 1. The summed E-state index contributed by atoms with van der Waals surface area (Å²) in [4.78, 5) is 10.8. The van der Waals surface area contributed by atoms with Gasteiger partial charge in [-0.15, -0.1) is 0 Å². The van der Waals surface area contributed by atoms with Crippen molar-refractivity contribution in [3.05, 3.63) is 47.8 Å². The Balaban J connectivity index is 1.58. The van der Waals surface area contributed by atoms with E-state index in [1.165, 1.54) is 18.6 Å². The van der Waals surface area contributed by atoms with E-state index in [9.17, 15) is 4.39 Å². The van der Waals surface area contributed by atoms with Gasteiger partial charge in [-0.25, -0.2) is 19.0 Å². The Labute approximate surface area is 141 Å². The molecule has 24 heavy (non-hydrogen) atoms. The second-order valence-electron chi connectivity index (χ2n) is 6.36. The van der Waals surface area contributed by atoms with Gasteiger partial charge >= 0.3 is 0 Å². The van der Waals surface area contributed by atoms with Crippen LogP contribution in [0.5, 0.6) is 0 Å². The van der Waals surface area contributed by atoms with Crippen LogP contribution in [0.1, 0.15) is 31.2 Å². The normalized spacial score (nSPS) is 18.8. The minimum Gasteiger partial charge on any atom is -0.370 e. The van der Waals surface area contributed by atoms with Gasteiger partial charge < -0.3 is 10.6 Å². The van der Waals surface area contributed by atoms with Crippen LogP contribution in [0.25, 0.3) is 0 Å². The zero-order valence-electron chi connectivity index (χ0n) is 13.9. The lowest BCUT2D eigenvalue weighted by molar-refractivity contribution is 0.270. The molecule has 1 atom stereocenters. The highest BCUT2D eigenvalue weighted by Crippen LogP contribution is 2.15. The van der Waals surface area contributed by atoms with E-state index in [1.807, 2.05) is 6.07 Å². The molecule has 1 fully saturated rings. The average Bonchev–Trinajstić information content (AvgIpc) is 3.00. The van der Waals surface area contributed by atoms with Gasteiger partial charge in [0.25, 0.3) is 0 Å². The molecule has 2 aromatic rings. The molecule has 1 aliphatic heterocycles. The fourth-order valence-corrected chi connectivity index (χ4v) is 2.95. The first-order valence-corrected chi connectivity index (χ1v) is 8.28. The first-order valence-electron chi connectivity index (χ1n) is 8.28. The average molecular weight is 330 g/mol. The molecule has 2 heterocycles. The second-order valence-corrected chi connectivity index (χ2v) is 6.36. The number of piperidine rings is 1. The lowest BCUT2D eigenvalue weighted by Crippen LogP contribution is -2.43. The topological polar surface area (TPSA) is 72.3 Å². The standard InChI is InChI=1S/C17H23FN6/c1-13-4-3-7-23(10-13)17(19)20-9-16-21-12-24(22-16)11-14-5-2-6-15(18)8-14/h2,5-6,8,12-13H,3-4,7,9-11H2,1H3,(H2,19,20). The Morgan fingerprint density at radius 3 is 3.12 bits per heavy atom. The third-order valence-electron chi connectivity index (χ3n) is 4.18. The predicted molar refractivity (Wildman–Crippen MR) is 90.8 cm³/mol. The summed E-state index contributed by atoms with van der Waals surface area (Å²) in [6.07, 6.45) is 4.03. The third kappa shape index (κ3) is 4.31. The molecule has 1 aliphatic rings. The third-order valence-corrected chi connectivity index (χ3v) is 4.18. The Kier molecular flexibility index (Phi) is 5.08. The van der Waals surface area contributed by atoms with Crippen LogP contribution >= 0.6 is 0 Å². The van der Waals surface area contributed by atoms with E-state index in [1.54, 1.807) is 17.1 Å². The summed E-state index contributed by atoms with van der Waals surface area (Å²) in [5.41, 5.74) is 6.92. The largest absolute Gasteiger partial charge is 0.370 e. The van der Waals surface area contributed by atoms with Crippen LogP contribution in [0.4, 0.5) is 4.39 Å². The highest BCUT2D eigenvalue weighted by atomic mass is 19.1. The quantitative estimate of drug-likeness (QED) is 0.687. The molecular formula is C17H23FN6. The number of benzene rings is 1. The maximum absolute atomic E-state index is 13.2. The Bertz CT molecular complexity index is 711. The van der Waals surface area contributed by atoms with Crippen LogP contribution < -0.4 is 5.73 Å².